The smallest absolute Gasteiger partial charge is 0.179 e. The van der Waals surface area contributed by atoms with E-state index in [4.69, 9.17) is 5.73 Å². The van der Waals surface area contributed by atoms with Gasteiger partial charge in [-0.2, -0.15) is 0 Å². The first-order valence-corrected chi connectivity index (χ1v) is 4.13. The molecule has 0 fully saturated rings. The summed E-state index contributed by atoms with van der Waals surface area (Å²) in [7, 11) is 0. The first-order chi connectivity index (χ1) is 5.66. The van der Waals surface area contributed by atoms with Crippen LogP contribution in [-0.4, -0.2) is 12.3 Å². The van der Waals surface area contributed by atoms with Crippen LogP contribution >= 0.6 is 15.9 Å². The average molecular weight is 232 g/mol. The lowest BCUT2D eigenvalue weighted by Gasteiger charge is -2.00. The Bertz CT molecular complexity index is 314. The van der Waals surface area contributed by atoms with Gasteiger partial charge in [-0.15, -0.1) is 0 Å². The van der Waals surface area contributed by atoms with E-state index in [1.54, 1.807) is 6.07 Å². The number of carbonyl (C=O) groups is 1. The van der Waals surface area contributed by atoms with Gasteiger partial charge in [-0.25, -0.2) is 4.39 Å². The summed E-state index contributed by atoms with van der Waals surface area (Å²) in [6, 6.07) is 4.54. The number of hydrogen-bond donors (Lipinski definition) is 1. The lowest BCUT2D eigenvalue weighted by atomic mass is 10.1. The molecule has 2 nitrogen and oxygen atoms in total. The molecular weight excluding hydrogens is 225 g/mol. The van der Waals surface area contributed by atoms with Gasteiger partial charge in [0.2, 0.25) is 0 Å². The van der Waals surface area contributed by atoms with E-state index in [-0.39, 0.29) is 16.6 Å². The summed E-state index contributed by atoms with van der Waals surface area (Å²) in [5.41, 5.74) is 5.13. The third-order valence-electron chi connectivity index (χ3n) is 1.44. The van der Waals surface area contributed by atoms with Gasteiger partial charge in [0.1, 0.15) is 5.82 Å². The van der Waals surface area contributed by atoms with Crippen LogP contribution in [0.4, 0.5) is 4.39 Å². The molecule has 0 atom stereocenters. The largest absolute Gasteiger partial charge is 0.324 e. The summed E-state index contributed by atoms with van der Waals surface area (Å²) in [6.45, 7) is -0.173. The molecule has 1 aromatic carbocycles. The summed E-state index contributed by atoms with van der Waals surface area (Å²) < 4.78 is 13.4. The van der Waals surface area contributed by atoms with Crippen molar-refractivity contribution in [2.75, 3.05) is 6.54 Å². The Morgan fingerprint density at radius 1 is 1.58 bits per heavy atom. The van der Waals surface area contributed by atoms with Crippen LogP contribution in [0.2, 0.25) is 0 Å². The number of nitrogens with two attached hydrogens (primary N) is 1. The highest BCUT2D eigenvalue weighted by Crippen LogP contribution is 2.18. The molecule has 64 valence electrons. The lowest BCUT2D eigenvalue weighted by molar-refractivity contribution is 0.0997. The molecule has 4 heteroatoms. The number of carbonyl (C=O) groups excluding carboxylic acids is 1. The predicted molar refractivity (Wildman–Crippen MR) is 47.5 cm³/mol. The zero-order valence-electron chi connectivity index (χ0n) is 6.18. The first kappa shape index (κ1) is 9.35. The number of hydrogen-bond acceptors (Lipinski definition) is 2. The van der Waals surface area contributed by atoms with Crippen molar-refractivity contribution in [2.24, 2.45) is 5.73 Å². The van der Waals surface area contributed by atoms with Gasteiger partial charge >= 0.3 is 0 Å². The fraction of sp³-hybridized carbons (Fsp3) is 0.125. The van der Waals surface area contributed by atoms with E-state index in [0.717, 1.165) is 0 Å². The van der Waals surface area contributed by atoms with E-state index >= 15 is 0 Å². The fourth-order valence-electron chi connectivity index (χ4n) is 0.829. The zero-order valence-corrected chi connectivity index (χ0v) is 7.77. The molecule has 0 heterocycles. The fourth-order valence-corrected chi connectivity index (χ4v) is 1.20. The van der Waals surface area contributed by atoms with Crippen molar-refractivity contribution in [3.8, 4) is 0 Å². The van der Waals surface area contributed by atoms with E-state index in [9.17, 15) is 9.18 Å². The van der Waals surface area contributed by atoms with Crippen molar-refractivity contribution in [1.29, 1.82) is 0 Å². The quantitative estimate of drug-likeness (QED) is 0.789. The molecular formula is C8H7BrFNO. The third-order valence-corrected chi connectivity index (χ3v) is 2.05. The molecule has 0 aliphatic rings. The van der Waals surface area contributed by atoms with Crippen LogP contribution in [0.25, 0.3) is 0 Å². The molecule has 1 rings (SSSR count). The number of ketones is 1. The van der Waals surface area contributed by atoms with Crippen molar-refractivity contribution >= 4 is 21.7 Å². The van der Waals surface area contributed by atoms with Crippen LogP contribution in [0.5, 0.6) is 0 Å². The van der Waals surface area contributed by atoms with E-state index in [1.165, 1.54) is 12.1 Å². The molecule has 1 aromatic rings. The van der Waals surface area contributed by atoms with Gasteiger partial charge < -0.3 is 5.73 Å². The molecule has 0 saturated carbocycles. The maximum Gasteiger partial charge on any atom is 0.179 e. The topological polar surface area (TPSA) is 43.1 Å². The lowest BCUT2D eigenvalue weighted by Crippen LogP contribution is -2.15. The maximum absolute atomic E-state index is 13.1. The Hall–Kier alpha value is -0.740. The maximum atomic E-state index is 13.1. The van der Waals surface area contributed by atoms with Crippen LogP contribution in [0.15, 0.2) is 22.7 Å². The predicted octanol–water partition coefficient (Wildman–Crippen LogP) is 1.73. The summed E-state index contributed by atoms with van der Waals surface area (Å²) in [5.74, 6) is -0.943. The van der Waals surface area contributed by atoms with Crippen molar-refractivity contribution < 1.29 is 9.18 Å². The highest BCUT2D eigenvalue weighted by Gasteiger charge is 2.11. The van der Waals surface area contributed by atoms with E-state index < -0.39 is 11.6 Å². The molecule has 0 saturated heterocycles. The highest BCUT2D eigenvalue weighted by molar-refractivity contribution is 9.10. The summed E-state index contributed by atoms with van der Waals surface area (Å²) in [4.78, 5) is 11.0. The normalized spacial score (nSPS) is 9.92. The number of benzene rings is 1. The molecule has 12 heavy (non-hydrogen) atoms. The second-order valence-corrected chi connectivity index (χ2v) is 3.08. The van der Waals surface area contributed by atoms with Gasteiger partial charge in [-0.1, -0.05) is 6.07 Å². The second-order valence-electron chi connectivity index (χ2n) is 2.23. The third kappa shape index (κ3) is 1.70. The minimum Gasteiger partial charge on any atom is -0.324 e. The van der Waals surface area contributed by atoms with Gasteiger partial charge in [0, 0.05) is 0 Å². The van der Waals surface area contributed by atoms with Gasteiger partial charge in [0.25, 0.3) is 0 Å². The zero-order chi connectivity index (χ0) is 9.14. The molecule has 0 bridgehead atoms. The van der Waals surface area contributed by atoms with Crippen molar-refractivity contribution in [2.45, 2.75) is 0 Å². The molecule has 0 spiro atoms. The first-order valence-electron chi connectivity index (χ1n) is 3.34. The van der Waals surface area contributed by atoms with Crippen LogP contribution in [0.3, 0.4) is 0 Å². The number of Topliss-reactive ketones (excluding diaryl/α,β-unsaturated/α-hetero) is 1. The van der Waals surface area contributed by atoms with Crippen molar-refractivity contribution in [3.05, 3.63) is 34.1 Å². The Labute approximate surface area is 77.7 Å². The molecule has 0 amide bonds. The Kier molecular flexibility index (Phi) is 2.94. The Balaban J connectivity index is 3.16. The number of halogens is 2. The molecule has 0 aromatic heterocycles. The van der Waals surface area contributed by atoms with Gasteiger partial charge in [-0.3, -0.25) is 4.79 Å². The van der Waals surface area contributed by atoms with Crippen LogP contribution < -0.4 is 5.73 Å². The average Bonchev–Trinajstić information content (AvgIpc) is 2.08. The SMILES string of the molecule is NCC(=O)c1cccc(Br)c1F. The van der Waals surface area contributed by atoms with Crippen LogP contribution in [-0.2, 0) is 0 Å². The summed E-state index contributed by atoms with van der Waals surface area (Å²) in [5, 5.41) is 0. The van der Waals surface area contributed by atoms with E-state index in [1.807, 2.05) is 0 Å². The van der Waals surface area contributed by atoms with Gasteiger partial charge in [-0.05, 0) is 28.1 Å². The van der Waals surface area contributed by atoms with E-state index in [0.29, 0.717) is 0 Å². The molecule has 2 N–H and O–H groups in total. The van der Waals surface area contributed by atoms with Gasteiger partial charge in [0.15, 0.2) is 5.78 Å². The van der Waals surface area contributed by atoms with Crippen LogP contribution in [0, 0.1) is 5.82 Å². The van der Waals surface area contributed by atoms with Crippen molar-refractivity contribution in [3.63, 3.8) is 0 Å². The second kappa shape index (κ2) is 3.78. The molecule has 0 aliphatic carbocycles. The molecule has 0 aliphatic heterocycles. The monoisotopic (exact) mass is 231 g/mol. The minimum atomic E-state index is -0.548. The standard InChI is InChI=1S/C8H7BrFNO/c9-6-3-1-2-5(8(6)10)7(12)4-11/h1-3H,4,11H2. The van der Waals surface area contributed by atoms with Crippen LogP contribution in [0.1, 0.15) is 10.4 Å². The molecule has 0 radical (unpaired) electrons. The van der Waals surface area contributed by atoms with Gasteiger partial charge in [0.05, 0.1) is 16.6 Å². The van der Waals surface area contributed by atoms with E-state index in [2.05, 4.69) is 15.9 Å². The summed E-state index contributed by atoms with van der Waals surface area (Å²) in [6.07, 6.45) is 0. The Morgan fingerprint density at radius 3 is 2.83 bits per heavy atom. The highest BCUT2D eigenvalue weighted by atomic mass is 79.9. The Morgan fingerprint density at radius 2 is 2.25 bits per heavy atom. The van der Waals surface area contributed by atoms with Crippen molar-refractivity contribution in [1.82, 2.24) is 0 Å². The molecule has 0 unspecified atom stereocenters. The number of rotatable bonds is 2. The minimum absolute atomic E-state index is 0.0341. The summed E-state index contributed by atoms with van der Waals surface area (Å²) >= 11 is 2.98.